The molecular weight excluding hydrogens is 920 g/mol. The third-order valence-electron chi connectivity index (χ3n) is 8.17. The van der Waals surface area contributed by atoms with E-state index in [-0.39, 0.29) is 22.6 Å². The lowest BCUT2D eigenvalue weighted by Crippen LogP contribution is -2.29. The summed E-state index contributed by atoms with van der Waals surface area (Å²) in [5.74, 6) is -2.61. The molecule has 0 saturated carbocycles. The van der Waals surface area contributed by atoms with Gasteiger partial charge in [-0.1, -0.05) is 13.8 Å². The van der Waals surface area contributed by atoms with Gasteiger partial charge >= 0.3 is 11.9 Å². The van der Waals surface area contributed by atoms with Crippen molar-refractivity contribution in [2.75, 3.05) is 9.80 Å². The molecule has 0 saturated heterocycles. The van der Waals surface area contributed by atoms with E-state index in [1.165, 1.54) is 72.8 Å². The maximum Gasteiger partial charge on any atom is 0.343 e. The lowest BCUT2D eigenvalue weighted by Gasteiger charge is -2.28. The molecule has 4 aromatic carbocycles. The Kier molecular flexibility index (Phi) is 10.1. The molecule has 0 aromatic heterocycles. The second-order valence-electron chi connectivity index (χ2n) is 11.7. The Hall–Kier alpha value is -4.50. The molecule has 2 aliphatic heterocycles. The standard InChI is InChI=1S/C37H22Br4N2O8/c1-37(2,21-15-25(38)33(26(39)16-21)50-35(48)19-3-7-23(8-4-19)42-29(44)11-12-30(42)45)22-17-27(40)34(28(41)18-22)51-36(49)20-5-9-24(10-6-20)43-31(46)13-14-32(43)47/h3-18H,1-2H3. The van der Waals surface area contributed by atoms with Crippen molar-refractivity contribution < 1.29 is 38.2 Å². The Bertz CT molecular complexity index is 2010. The van der Waals surface area contributed by atoms with Gasteiger partial charge in [0.1, 0.15) is 0 Å². The fraction of sp³-hybridized carbons (Fsp3) is 0.0811. The molecule has 0 N–H and O–H groups in total. The van der Waals surface area contributed by atoms with Crippen LogP contribution in [0.25, 0.3) is 0 Å². The van der Waals surface area contributed by atoms with Gasteiger partial charge in [0, 0.05) is 29.7 Å². The van der Waals surface area contributed by atoms with Crippen LogP contribution in [0.15, 0.2) is 115 Å². The second-order valence-corrected chi connectivity index (χ2v) is 15.1. The van der Waals surface area contributed by atoms with Crippen LogP contribution in [0, 0.1) is 0 Å². The summed E-state index contributed by atoms with van der Waals surface area (Å²) in [5, 5.41) is 0. The second kappa shape index (κ2) is 14.3. The fourth-order valence-corrected chi connectivity index (χ4v) is 8.01. The number of nitrogens with zero attached hydrogens (tertiary/aromatic N) is 2. The maximum atomic E-state index is 13.1. The number of benzene rings is 4. The van der Waals surface area contributed by atoms with E-state index in [4.69, 9.17) is 9.47 Å². The number of anilines is 2. The third kappa shape index (κ3) is 7.18. The van der Waals surface area contributed by atoms with Crippen molar-refractivity contribution in [1.29, 1.82) is 0 Å². The van der Waals surface area contributed by atoms with Gasteiger partial charge in [-0.15, -0.1) is 0 Å². The van der Waals surface area contributed by atoms with E-state index in [0.717, 1.165) is 20.9 Å². The lowest BCUT2D eigenvalue weighted by atomic mass is 9.78. The summed E-state index contributed by atoms with van der Waals surface area (Å²) in [5.41, 5.74) is 2.21. The highest BCUT2D eigenvalue weighted by atomic mass is 79.9. The number of rotatable bonds is 8. The van der Waals surface area contributed by atoms with E-state index in [1.54, 1.807) is 0 Å². The van der Waals surface area contributed by atoms with Crippen LogP contribution in [0.2, 0.25) is 0 Å². The quantitative estimate of drug-likeness (QED) is 0.0981. The summed E-state index contributed by atoms with van der Waals surface area (Å²) in [6, 6.07) is 19.2. The van der Waals surface area contributed by atoms with Crippen molar-refractivity contribution in [3.8, 4) is 11.5 Å². The van der Waals surface area contributed by atoms with Gasteiger partial charge in [-0.05, 0) is 148 Å². The zero-order valence-corrected chi connectivity index (χ0v) is 32.8. The van der Waals surface area contributed by atoms with Crippen molar-refractivity contribution >= 4 is 111 Å². The molecule has 0 aliphatic carbocycles. The Morgan fingerprint density at radius 1 is 0.510 bits per heavy atom. The van der Waals surface area contributed by atoms with Gasteiger partial charge in [0.05, 0.1) is 40.4 Å². The van der Waals surface area contributed by atoms with E-state index in [9.17, 15) is 28.8 Å². The van der Waals surface area contributed by atoms with Crippen LogP contribution in [0.4, 0.5) is 11.4 Å². The summed E-state index contributed by atoms with van der Waals surface area (Å²) in [6.45, 7) is 4.01. The number of ether oxygens (including phenoxy) is 2. The molecule has 14 heteroatoms. The highest BCUT2D eigenvalue weighted by molar-refractivity contribution is 9.11. The van der Waals surface area contributed by atoms with E-state index >= 15 is 0 Å². The molecule has 0 unspecified atom stereocenters. The molecule has 0 fully saturated rings. The Labute approximate surface area is 324 Å². The molecule has 0 atom stereocenters. The first kappa shape index (κ1) is 36.3. The van der Waals surface area contributed by atoms with E-state index in [0.29, 0.717) is 29.3 Å². The molecule has 10 nitrogen and oxygen atoms in total. The molecule has 51 heavy (non-hydrogen) atoms. The summed E-state index contributed by atoms with van der Waals surface area (Å²) in [6.07, 6.45) is 4.73. The molecule has 0 bridgehead atoms. The predicted molar refractivity (Wildman–Crippen MR) is 202 cm³/mol. The Balaban J connectivity index is 1.16. The van der Waals surface area contributed by atoms with Crippen molar-refractivity contribution in [1.82, 2.24) is 0 Å². The monoisotopic (exact) mass is 938 g/mol. The molecule has 4 amide bonds. The van der Waals surface area contributed by atoms with Gasteiger partial charge < -0.3 is 9.47 Å². The lowest BCUT2D eigenvalue weighted by molar-refractivity contribution is -0.121. The van der Waals surface area contributed by atoms with E-state index < -0.39 is 41.0 Å². The number of imide groups is 2. The normalized spacial score (nSPS) is 14.2. The van der Waals surface area contributed by atoms with Gasteiger partial charge in [0.2, 0.25) is 0 Å². The van der Waals surface area contributed by atoms with Crippen molar-refractivity contribution in [3.63, 3.8) is 0 Å². The minimum Gasteiger partial charge on any atom is -0.421 e. The van der Waals surface area contributed by atoms with Crippen LogP contribution >= 0.6 is 63.7 Å². The molecule has 6 rings (SSSR count). The van der Waals surface area contributed by atoms with Crippen molar-refractivity contribution in [2.24, 2.45) is 0 Å². The first-order valence-corrected chi connectivity index (χ1v) is 18.1. The summed E-state index contributed by atoms with van der Waals surface area (Å²) < 4.78 is 13.5. The predicted octanol–water partition coefficient (Wildman–Crippen LogP) is 8.36. The fourth-order valence-electron chi connectivity index (χ4n) is 5.31. The molecule has 2 aliphatic rings. The third-order valence-corrected chi connectivity index (χ3v) is 10.5. The van der Waals surface area contributed by atoms with Gasteiger partial charge in [-0.3, -0.25) is 19.2 Å². The van der Waals surface area contributed by atoms with Crippen molar-refractivity contribution in [2.45, 2.75) is 19.3 Å². The molecule has 2 heterocycles. The number of hydrogen-bond donors (Lipinski definition) is 0. The topological polar surface area (TPSA) is 127 Å². The smallest absolute Gasteiger partial charge is 0.343 e. The van der Waals surface area contributed by atoms with Gasteiger partial charge in [0.25, 0.3) is 23.6 Å². The average Bonchev–Trinajstić information content (AvgIpc) is 3.62. The zero-order chi connectivity index (χ0) is 36.8. The van der Waals surface area contributed by atoms with Gasteiger partial charge in [-0.2, -0.15) is 0 Å². The van der Waals surface area contributed by atoms with E-state index in [2.05, 4.69) is 63.7 Å². The number of esters is 2. The largest absolute Gasteiger partial charge is 0.421 e. The SMILES string of the molecule is CC(C)(c1cc(Br)c(OC(=O)c2ccc(N3C(=O)C=CC3=O)cc2)c(Br)c1)c1cc(Br)c(OC(=O)c2ccc(N3C(=O)C=CC3=O)cc2)c(Br)c1. The molecule has 0 spiro atoms. The maximum absolute atomic E-state index is 13.1. The minimum atomic E-state index is -0.643. The first-order valence-electron chi connectivity index (χ1n) is 14.9. The zero-order valence-electron chi connectivity index (χ0n) is 26.4. The number of carbonyl (C=O) groups is 6. The number of carbonyl (C=O) groups excluding carboxylic acids is 6. The molecule has 4 aromatic rings. The van der Waals surface area contributed by atoms with Crippen LogP contribution in [-0.2, 0) is 24.6 Å². The molecule has 0 radical (unpaired) electrons. The highest BCUT2D eigenvalue weighted by Gasteiger charge is 2.30. The van der Waals surface area contributed by atoms with Crippen LogP contribution < -0.4 is 19.3 Å². The van der Waals surface area contributed by atoms with E-state index in [1.807, 2.05) is 38.1 Å². The number of amides is 4. The van der Waals surface area contributed by atoms with Crippen LogP contribution in [0.3, 0.4) is 0 Å². The average molecular weight is 942 g/mol. The number of halogens is 4. The minimum absolute atomic E-state index is 0.217. The molecule has 256 valence electrons. The summed E-state index contributed by atoms with van der Waals surface area (Å²) in [7, 11) is 0. The Morgan fingerprint density at radius 2 is 0.784 bits per heavy atom. The van der Waals surface area contributed by atoms with Crippen LogP contribution in [0.1, 0.15) is 45.7 Å². The van der Waals surface area contributed by atoms with Crippen LogP contribution in [-0.4, -0.2) is 35.6 Å². The summed E-state index contributed by atoms with van der Waals surface area (Å²) in [4.78, 5) is 76.0. The Morgan fingerprint density at radius 3 is 1.06 bits per heavy atom. The van der Waals surface area contributed by atoms with Gasteiger partial charge in [0.15, 0.2) is 11.5 Å². The number of hydrogen-bond acceptors (Lipinski definition) is 8. The van der Waals surface area contributed by atoms with Crippen LogP contribution in [0.5, 0.6) is 11.5 Å². The summed E-state index contributed by atoms with van der Waals surface area (Å²) >= 11 is 14.2. The highest BCUT2D eigenvalue weighted by Crippen LogP contribution is 2.44. The van der Waals surface area contributed by atoms with Gasteiger partial charge in [-0.25, -0.2) is 19.4 Å². The van der Waals surface area contributed by atoms with Crippen molar-refractivity contribution in [3.05, 3.63) is 137 Å². The molecular formula is C37H22Br4N2O8. The first-order chi connectivity index (χ1) is 24.1.